The van der Waals surface area contributed by atoms with Crippen LogP contribution in [0.2, 0.25) is 0 Å². The maximum absolute atomic E-state index is 12.2. The summed E-state index contributed by atoms with van der Waals surface area (Å²) in [6.45, 7) is -0.470. The topological polar surface area (TPSA) is 113 Å². The minimum atomic E-state index is -3.65. The fourth-order valence-corrected chi connectivity index (χ4v) is 3.10. The quantitative estimate of drug-likeness (QED) is 0.622. The van der Waals surface area contributed by atoms with Crippen molar-refractivity contribution >= 4 is 26.9 Å². The van der Waals surface area contributed by atoms with E-state index < -0.39 is 16.4 Å². The molecule has 0 aliphatic rings. The molecule has 0 saturated carbocycles. The summed E-state index contributed by atoms with van der Waals surface area (Å²) in [5.41, 5.74) is 6.83. The largest absolute Gasteiger partial charge is 0.508 e. The normalized spacial score (nSPS) is 11.3. The van der Waals surface area contributed by atoms with Crippen LogP contribution in [0.1, 0.15) is 0 Å². The van der Waals surface area contributed by atoms with Gasteiger partial charge in [-0.3, -0.25) is 0 Å². The van der Waals surface area contributed by atoms with Gasteiger partial charge in [0.1, 0.15) is 5.75 Å². The highest BCUT2D eigenvalue weighted by Gasteiger charge is 2.19. The lowest BCUT2D eigenvalue weighted by atomic mass is 10.2. The summed E-state index contributed by atoms with van der Waals surface area (Å²) in [4.78, 5) is 0.0138. The number of nitrogen functional groups attached to an aromatic ring is 1. The van der Waals surface area contributed by atoms with Gasteiger partial charge in [-0.1, -0.05) is 6.07 Å². The Kier molecular flexibility index (Phi) is 4.35. The van der Waals surface area contributed by atoms with Crippen LogP contribution in [0.3, 0.4) is 0 Å². The summed E-state index contributed by atoms with van der Waals surface area (Å²) < 4.78 is 24.3. The van der Waals surface area contributed by atoms with Gasteiger partial charge in [0.25, 0.3) is 0 Å². The highest BCUT2D eigenvalue weighted by molar-refractivity contribution is 7.91. The number of phenols is 1. The van der Waals surface area contributed by atoms with Crippen LogP contribution >= 0.6 is 0 Å². The first kappa shape index (κ1) is 15.1. The molecule has 0 atom stereocenters. The molecule has 0 heterocycles. The van der Waals surface area contributed by atoms with E-state index in [9.17, 15) is 13.5 Å². The van der Waals surface area contributed by atoms with Gasteiger partial charge < -0.3 is 21.3 Å². The molecule has 0 fully saturated rings. The number of phenolic OH excluding ortho intramolecular Hbond substituents is 1. The van der Waals surface area contributed by atoms with E-state index in [0.717, 1.165) is 0 Å². The van der Waals surface area contributed by atoms with Crippen LogP contribution in [0.5, 0.6) is 5.75 Å². The number of aliphatic hydroxyl groups excluding tert-OH is 1. The second kappa shape index (κ2) is 6.02. The molecule has 112 valence electrons. The molecule has 0 radical (unpaired) electrons. The molecule has 2 aromatic rings. The van der Waals surface area contributed by atoms with Gasteiger partial charge in [0.2, 0.25) is 0 Å². The zero-order valence-corrected chi connectivity index (χ0v) is 12.0. The van der Waals surface area contributed by atoms with E-state index >= 15 is 0 Å². The summed E-state index contributed by atoms with van der Waals surface area (Å²) in [7, 11) is -3.65. The molecule has 0 aliphatic heterocycles. The van der Waals surface area contributed by atoms with Crippen molar-refractivity contribution in [3.05, 3.63) is 42.5 Å². The number of anilines is 3. The zero-order chi connectivity index (χ0) is 15.5. The Bertz CT molecular complexity index is 744. The molecule has 0 amide bonds. The van der Waals surface area contributed by atoms with E-state index in [1.807, 2.05) is 0 Å². The van der Waals surface area contributed by atoms with Gasteiger partial charge in [-0.2, -0.15) is 0 Å². The predicted molar refractivity (Wildman–Crippen MR) is 81.4 cm³/mol. The molecule has 6 nitrogen and oxygen atoms in total. The highest BCUT2D eigenvalue weighted by atomic mass is 32.2. The summed E-state index contributed by atoms with van der Waals surface area (Å²) in [6.07, 6.45) is 0. The smallest absolute Gasteiger partial charge is 0.182 e. The predicted octanol–water partition coefficient (Wildman–Crippen LogP) is 1.48. The minimum absolute atomic E-state index is 0.0138. The van der Waals surface area contributed by atoms with E-state index in [2.05, 4.69) is 5.32 Å². The van der Waals surface area contributed by atoms with Gasteiger partial charge in [-0.25, -0.2) is 8.42 Å². The van der Waals surface area contributed by atoms with Crippen LogP contribution in [0.25, 0.3) is 0 Å². The Labute approximate surface area is 122 Å². The molecule has 5 N–H and O–H groups in total. The molecule has 21 heavy (non-hydrogen) atoms. The summed E-state index contributed by atoms with van der Waals surface area (Å²) in [5.74, 6) is -0.319. The van der Waals surface area contributed by atoms with Gasteiger partial charge in [0, 0.05) is 17.4 Å². The summed E-state index contributed by atoms with van der Waals surface area (Å²) in [5, 5.41) is 21.3. The van der Waals surface area contributed by atoms with Gasteiger partial charge in [0.15, 0.2) is 9.84 Å². The number of benzene rings is 2. The van der Waals surface area contributed by atoms with Gasteiger partial charge in [-0.15, -0.1) is 0 Å². The number of nitrogens with two attached hydrogens (primary N) is 1. The molecule has 0 aromatic heterocycles. The number of aromatic hydroxyl groups is 1. The SMILES string of the molecule is Nc1ccc(Nc2cccc(O)c2)c(S(=O)(=O)CCO)c1. The maximum Gasteiger partial charge on any atom is 0.182 e. The average molecular weight is 308 g/mol. The molecular weight excluding hydrogens is 292 g/mol. The molecule has 0 saturated heterocycles. The fourth-order valence-electron chi connectivity index (χ4n) is 1.87. The third kappa shape index (κ3) is 3.65. The maximum atomic E-state index is 12.2. The lowest BCUT2D eigenvalue weighted by Crippen LogP contribution is -2.12. The standard InChI is InChI=1S/C14H16N2O4S/c15-10-4-5-13(14(8-10)21(19,20)7-6-17)16-11-2-1-3-12(18)9-11/h1-5,8-9,16-18H,6-7,15H2. The number of nitrogens with one attached hydrogen (secondary N) is 1. The first-order valence-electron chi connectivity index (χ1n) is 6.21. The first-order chi connectivity index (χ1) is 9.92. The summed E-state index contributed by atoms with van der Waals surface area (Å²) in [6, 6.07) is 10.8. The Morgan fingerprint density at radius 1 is 1.14 bits per heavy atom. The van der Waals surface area contributed by atoms with E-state index in [4.69, 9.17) is 10.8 Å². The minimum Gasteiger partial charge on any atom is -0.508 e. The van der Waals surface area contributed by atoms with Crippen molar-refractivity contribution in [2.24, 2.45) is 0 Å². The van der Waals surface area contributed by atoms with Crippen LogP contribution in [0, 0.1) is 0 Å². The lowest BCUT2D eigenvalue weighted by molar-refractivity contribution is 0.319. The van der Waals surface area contributed by atoms with E-state index in [-0.39, 0.29) is 16.4 Å². The van der Waals surface area contributed by atoms with Gasteiger partial charge in [0.05, 0.1) is 22.9 Å². The van der Waals surface area contributed by atoms with E-state index in [1.165, 1.54) is 18.2 Å². The Balaban J connectivity index is 2.45. The molecule has 0 unspecified atom stereocenters. The monoisotopic (exact) mass is 308 g/mol. The van der Waals surface area contributed by atoms with Crippen LogP contribution in [0.4, 0.5) is 17.1 Å². The Morgan fingerprint density at radius 2 is 1.90 bits per heavy atom. The fraction of sp³-hybridized carbons (Fsp3) is 0.143. The summed E-state index contributed by atoms with van der Waals surface area (Å²) >= 11 is 0. The molecule has 2 rings (SSSR count). The van der Waals surface area contributed by atoms with Crippen LogP contribution in [-0.4, -0.2) is 31.0 Å². The molecule has 2 aromatic carbocycles. The first-order valence-corrected chi connectivity index (χ1v) is 7.87. The second-order valence-electron chi connectivity index (χ2n) is 4.47. The van der Waals surface area contributed by atoms with Crippen molar-refractivity contribution in [1.82, 2.24) is 0 Å². The van der Waals surface area contributed by atoms with Crippen molar-refractivity contribution in [1.29, 1.82) is 0 Å². The molecule has 0 spiro atoms. The van der Waals surface area contributed by atoms with Crippen LogP contribution in [0.15, 0.2) is 47.4 Å². The number of hydrogen-bond acceptors (Lipinski definition) is 6. The number of rotatable bonds is 5. The average Bonchev–Trinajstić information content (AvgIpc) is 2.41. The Hall–Kier alpha value is -2.25. The highest BCUT2D eigenvalue weighted by Crippen LogP contribution is 2.29. The number of sulfone groups is 1. The van der Waals surface area contributed by atoms with Crippen molar-refractivity contribution < 1.29 is 18.6 Å². The molecule has 0 aliphatic carbocycles. The van der Waals surface area contributed by atoms with Gasteiger partial charge >= 0.3 is 0 Å². The van der Waals surface area contributed by atoms with Gasteiger partial charge in [-0.05, 0) is 30.3 Å². The third-order valence-corrected chi connectivity index (χ3v) is 4.55. The second-order valence-corrected chi connectivity index (χ2v) is 6.55. The zero-order valence-electron chi connectivity index (χ0n) is 11.2. The van der Waals surface area contributed by atoms with Crippen molar-refractivity contribution in [3.63, 3.8) is 0 Å². The number of hydrogen-bond donors (Lipinski definition) is 4. The lowest BCUT2D eigenvalue weighted by Gasteiger charge is -2.13. The number of aliphatic hydroxyl groups is 1. The van der Waals surface area contributed by atoms with Crippen molar-refractivity contribution in [2.75, 3.05) is 23.4 Å². The van der Waals surface area contributed by atoms with Crippen molar-refractivity contribution in [2.45, 2.75) is 4.90 Å². The van der Waals surface area contributed by atoms with Crippen LogP contribution in [-0.2, 0) is 9.84 Å². The van der Waals surface area contributed by atoms with E-state index in [0.29, 0.717) is 17.1 Å². The molecule has 0 bridgehead atoms. The molecular formula is C14H16N2O4S. The third-order valence-electron chi connectivity index (χ3n) is 2.83. The molecule has 7 heteroatoms. The van der Waals surface area contributed by atoms with Crippen LogP contribution < -0.4 is 11.1 Å². The van der Waals surface area contributed by atoms with E-state index in [1.54, 1.807) is 24.3 Å². The Morgan fingerprint density at radius 3 is 2.57 bits per heavy atom. The van der Waals surface area contributed by atoms with Crippen molar-refractivity contribution in [3.8, 4) is 5.75 Å².